The maximum atomic E-state index is 14.4. The van der Waals surface area contributed by atoms with Gasteiger partial charge < -0.3 is 55.2 Å². The lowest BCUT2D eigenvalue weighted by atomic mass is 9.78. The highest BCUT2D eigenvalue weighted by molar-refractivity contribution is 6.23. The summed E-state index contributed by atoms with van der Waals surface area (Å²) in [4.78, 5) is 40.4. The number of aromatic hydroxyl groups is 3. The van der Waals surface area contributed by atoms with Crippen LogP contribution in [0.4, 0.5) is 5.69 Å². The third kappa shape index (κ3) is 8.52. The van der Waals surface area contributed by atoms with E-state index in [0.29, 0.717) is 0 Å². The van der Waals surface area contributed by atoms with E-state index in [2.05, 4.69) is 15.8 Å². The van der Waals surface area contributed by atoms with Crippen LogP contribution in [0.15, 0.2) is 41.2 Å². The number of esters is 1. The predicted octanol–water partition coefficient (Wildman–Crippen LogP) is 5.62. The number of carbonyl (C=O) groups is 3. The minimum Gasteiger partial charge on any atom is -0.507 e. The number of fused-ring (bicyclic) bond motifs is 14. The van der Waals surface area contributed by atoms with Gasteiger partial charge in [0.15, 0.2) is 5.75 Å². The Kier molecular flexibility index (Phi) is 13.5. The van der Waals surface area contributed by atoms with Gasteiger partial charge in [-0.3, -0.25) is 14.4 Å². The van der Waals surface area contributed by atoms with Gasteiger partial charge in [0.25, 0.3) is 11.7 Å². The van der Waals surface area contributed by atoms with Crippen molar-refractivity contribution < 1.29 is 58.9 Å². The minimum absolute atomic E-state index is 0.0564. The molecule has 15 heteroatoms. The summed E-state index contributed by atoms with van der Waals surface area (Å²) in [5, 5.41) is 64.6. The summed E-state index contributed by atoms with van der Waals surface area (Å²) in [6.45, 7) is 12.5. The van der Waals surface area contributed by atoms with Crippen molar-refractivity contribution >= 4 is 40.3 Å². The van der Waals surface area contributed by atoms with Crippen LogP contribution in [0.2, 0.25) is 0 Å². The molecule has 9 atom stereocenters. The first-order chi connectivity index (χ1) is 27.3. The van der Waals surface area contributed by atoms with Crippen molar-refractivity contribution in [3.63, 3.8) is 0 Å². The minimum atomic E-state index is -2.04. The first-order valence-electron chi connectivity index (χ1n) is 19.7. The van der Waals surface area contributed by atoms with Gasteiger partial charge in [0.2, 0.25) is 0 Å². The summed E-state index contributed by atoms with van der Waals surface area (Å²) < 4.78 is 23.6. The van der Waals surface area contributed by atoms with Crippen LogP contribution >= 0.6 is 0 Å². The normalized spacial score (nSPS) is 31.2. The molecule has 1 aliphatic carbocycles. The number of aliphatic hydroxyl groups is 2. The van der Waals surface area contributed by atoms with Gasteiger partial charge in [-0.25, -0.2) is 0 Å². The smallest absolute Gasteiger partial charge is 0.312 e. The number of hydrogen-bond donors (Lipinski definition) is 7. The van der Waals surface area contributed by atoms with E-state index in [-0.39, 0.29) is 50.5 Å². The molecule has 316 valence electrons. The van der Waals surface area contributed by atoms with Crippen molar-refractivity contribution in [2.45, 2.75) is 117 Å². The van der Waals surface area contributed by atoms with Crippen LogP contribution in [0.3, 0.4) is 0 Å². The fourth-order valence-corrected chi connectivity index (χ4v) is 8.13. The first kappa shape index (κ1) is 44.0. The molecule has 9 unspecified atom stereocenters. The standard InChI is InChI=1S/C43H57N3O12/c1-20-13-12-14-21(2)42(54)45-33-28(19-44-46-27-15-10-11-16-27)37(51)30-31(38(33)52)36(50)25(6)40-32(30)41(53)43(8,58-40)56-18-17-29(55-9)22(3)39(57-26(7)47)24(5)35(49)23(4)34(20)48/h12-14,17-20,22-24,27,29,34-35,39,46,48-52H,10-11,15-16H2,1-9H3,(H,45,54)/b13-12+,18-17+,21-14?,44-19+. The van der Waals surface area contributed by atoms with Crippen LogP contribution in [0.1, 0.15) is 95.6 Å². The third-order valence-corrected chi connectivity index (χ3v) is 11.8. The topological polar surface area (TPSA) is 226 Å². The number of aliphatic hydroxyl groups excluding tert-OH is 2. The van der Waals surface area contributed by atoms with E-state index in [1.807, 2.05) is 0 Å². The number of Topliss-reactive ketones (excluding diaryl/α,β-unsaturated/α-hetero) is 1. The maximum Gasteiger partial charge on any atom is 0.312 e. The number of nitrogens with zero attached hydrogens (tertiary/aromatic N) is 1. The van der Waals surface area contributed by atoms with Crippen LogP contribution in [0.5, 0.6) is 23.0 Å². The van der Waals surface area contributed by atoms with E-state index in [1.54, 1.807) is 39.8 Å². The molecule has 58 heavy (non-hydrogen) atoms. The number of ketones is 1. The first-order valence-corrected chi connectivity index (χ1v) is 19.7. The molecule has 1 saturated carbocycles. The SMILES string of the molecule is COC1/C=C/OC2(C)Oc3c(C)c(O)c4c(O)c(c(/C=N/NC5CCCC5)c(O)c4c3C2=O)NC(=O)C(C)=C/C=C/C(C)C(O)C(C)C(O)C(C)C(OC(C)=O)C1C. The number of hydrazone groups is 1. The highest BCUT2D eigenvalue weighted by Gasteiger charge is 2.50. The Morgan fingerprint density at radius 2 is 1.64 bits per heavy atom. The molecule has 3 heterocycles. The summed E-state index contributed by atoms with van der Waals surface area (Å²) in [6, 6.07) is 0.0806. The molecule has 1 fully saturated rings. The van der Waals surface area contributed by atoms with Gasteiger partial charge in [-0.05, 0) is 32.8 Å². The highest BCUT2D eigenvalue weighted by atomic mass is 16.7. The van der Waals surface area contributed by atoms with Gasteiger partial charge in [-0.15, -0.1) is 0 Å². The number of benzene rings is 2. The van der Waals surface area contributed by atoms with E-state index < -0.39 is 88.8 Å². The molecule has 0 radical (unpaired) electrons. The Balaban J connectivity index is 1.69. The average molecular weight is 808 g/mol. The van der Waals surface area contributed by atoms with Crippen molar-refractivity contribution in [1.29, 1.82) is 0 Å². The van der Waals surface area contributed by atoms with E-state index in [9.17, 15) is 39.9 Å². The summed E-state index contributed by atoms with van der Waals surface area (Å²) in [5.74, 6) is -8.34. The lowest BCUT2D eigenvalue weighted by molar-refractivity contribution is -0.160. The molecule has 1 amide bonds. The monoisotopic (exact) mass is 807 g/mol. The lowest BCUT2D eigenvalue weighted by Gasteiger charge is -2.38. The van der Waals surface area contributed by atoms with Gasteiger partial charge in [0.05, 0.1) is 53.0 Å². The molecular weight excluding hydrogens is 750 g/mol. The summed E-state index contributed by atoms with van der Waals surface area (Å²) in [5.41, 5.74) is 2.68. The van der Waals surface area contributed by atoms with Crippen molar-refractivity contribution in [2.75, 3.05) is 12.4 Å². The fraction of sp³-hybridized carbons (Fsp3) is 0.535. The Bertz CT molecular complexity index is 2040. The number of allylic oxidation sites excluding steroid dienone is 2. The van der Waals surface area contributed by atoms with Crippen molar-refractivity contribution in [3.05, 3.63) is 52.8 Å². The molecule has 2 aromatic carbocycles. The van der Waals surface area contributed by atoms with E-state index in [0.717, 1.165) is 25.7 Å². The summed E-state index contributed by atoms with van der Waals surface area (Å²) in [6.07, 6.45) is 8.64. The number of methoxy groups -OCH3 is 1. The largest absolute Gasteiger partial charge is 0.507 e. The van der Waals surface area contributed by atoms with Crippen molar-refractivity contribution in [2.24, 2.45) is 28.8 Å². The molecule has 3 aliphatic heterocycles. The number of rotatable bonds is 5. The summed E-state index contributed by atoms with van der Waals surface area (Å²) >= 11 is 0. The van der Waals surface area contributed by atoms with E-state index in [1.165, 1.54) is 59.4 Å². The number of carbonyl (C=O) groups excluding carboxylic acids is 3. The van der Waals surface area contributed by atoms with Crippen LogP contribution in [-0.2, 0) is 23.8 Å². The van der Waals surface area contributed by atoms with Gasteiger partial charge in [0.1, 0.15) is 23.4 Å². The van der Waals surface area contributed by atoms with Gasteiger partial charge in [-0.2, -0.15) is 5.10 Å². The molecule has 4 aliphatic rings. The Labute approximate surface area is 338 Å². The number of phenols is 3. The number of anilines is 1. The van der Waals surface area contributed by atoms with E-state index >= 15 is 0 Å². The molecule has 2 aromatic rings. The molecule has 0 aromatic heterocycles. The second kappa shape index (κ2) is 17.8. The van der Waals surface area contributed by atoms with E-state index in [4.69, 9.17) is 18.9 Å². The molecule has 0 saturated heterocycles. The Morgan fingerprint density at radius 3 is 2.28 bits per heavy atom. The summed E-state index contributed by atoms with van der Waals surface area (Å²) in [7, 11) is 1.44. The number of amides is 1. The Hall–Kier alpha value is -5.12. The van der Waals surface area contributed by atoms with Gasteiger partial charge in [-0.1, -0.05) is 58.8 Å². The average Bonchev–Trinajstić information content (AvgIpc) is 3.80. The number of hydrogen-bond acceptors (Lipinski definition) is 14. The Morgan fingerprint density at radius 1 is 0.966 bits per heavy atom. The number of ether oxygens (including phenoxy) is 4. The van der Waals surface area contributed by atoms with Crippen LogP contribution in [0.25, 0.3) is 10.8 Å². The molecule has 6 rings (SSSR count). The van der Waals surface area contributed by atoms with Crippen LogP contribution < -0.4 is 15.5 Å². The molecule has 0 spiro atoms. The lowest BCUT2D eigenvalue weighted by Crippen LogP contribution is -2.46. The van der Waals surface area contributed by atoms with Crippen LogP contribution in [0, 0.1) is 30.6 Å². The van der Waals surface area contributed by atoms with Crippen molar-refractivity contribution in [3.8, 4) is 23.0 Å². The van der Waals surface area contributed by atoms with Gasteiger partial charge >= 0.3 is 11.8 Å². The zero-order chi connectivity index (χ0) is 42.8. The second-order valence-corrected chi connectivity index (χ2v) is 16.0. The molecular formula is C43H57N3O12. The number of phenolic OH excluding ortho intramolecular Hbond substituents is 3. The fourth-order valence-electron chi connectivity index (χ4n) is 8.13. The molecule has 15 nitrogen and oxygen atoms in total. The van der Waals surface area contributed by atoms with Crippen LogP contribution in [-0.4, -0.2) is 92.8 Å². The molecule has 5 bridgehead atoms. The number of nitrogens with one attached hydrogen (secondary N) is 2. The zero-order valence-electron chi connectivity index (χ0n) is 34.5. The van der Waals surface area contributed by atoms with Crippen molar-refractivity contribution in [1.82, 2.24) is 5.43 Å². The quantitative estimate of drug-likeness (QED) is 0.0641. The zero-order valence-corrected chi connectivity index (χ0v) is 34.5. The predicted molar refractivity (Wildman–Crippen MR) is 217 cm³/mol. The maximum absolute atomic E-state index is 14.4. The third-order valence-electron chi connectivity index (χ3n) is 11.8. The second-order valence-electron chi connectivity index (χ2n) is 16.0. The highest BCUT2D eigenvalue weighted by Crippen LogP contribution is 2.55. The molecule has 7 N–H and O–H groups in total. The van der Waals surface area contributed by atoms with Gasteiger partial charge in [0, 0.05) is 67.2 Å².